The van der Waals surface area contributed by atoms with Gasteiger partial charge in [0, 0.05) is 6.20 Å². The topological polar surface area (TPSA) is 43.4 Å². The number of nitrogens with zero attached hydrogens (tertiary/aromatic N) is 1. The quantitative estimate of drug-likeness (QED) is 0.850. The SMILES string of the molecule is CCCNC(c1ncccc1OC)c1sccc1OC. The molecule has 0 bridgehead atoms. The average molecular weight is 292 g/mol. The van der Waals surface area contributed by atoms with Crippen molar-refractivity contribution in [1.82, 2.24) is 10.3 Å². The minimum Gasteiger partial charge on any atom is -0.496 e. The number of aromatic nitrogens is 1. The summed E-state index contributed by atoms with van der Waals surface area (Å²) in [5, 5.41) is 5.56. The first-order valence-electron chi connectivity index (χ1n) is 6.65. The lowest BCUT2D eigenvalue weighted by Crippen LogP contribution is -2.24. The molecule has 0 aliphatic carbocycles. The Bertz CT molecular complexity index is 542. The Labute approximate surface area is 123 Å². The van der Waals surface area contributed by atoms with Crippen molar-refractivity contribution in [1.29, 1.82) is 0 Å². The average Bonchev–Trinajstić information content (AvgIpc) is 2.96. The Hall–Kier alpha value is -1.59. The minimum atomic E-state index is -0.0129. The van der Waals surface area contributed by atoms with E-state index >= 15 is 0 Å². The Kier molecular flexibility index (Phi) is 5.38. The van der Waals surface area contributed by atoms with E-state index in [9.17, 15) is 0 Å². The molecule has 5 heteroatoms. The van der Waals surface area contributed by atoms with Gasteiger partial charge in [0.05, 0.1) is 25.1 Å². The van der Waals surface area contributed by atoms with Crippen LogP contribution in [0.4, 0.5) is 0 Å². The highest BCUT2D eigenvalue weighted by Crippen LogP contribution is 2.36. The zero-order valence-electron chi connectivity index (χ0n) is 12.1. The third-order valence-corrected chi connectivity index (χ3v) is 3.99. The molecule has 0 saturated carbocycles. The third kappa shape index (κ3) is 3.11. The Morgan fingerprint density at radius 3 is 2.75 bits per heavy atom. The predicted octanol–water partition coefficient (Wildman–Crippen LogP) is 3.25. The molecule has 0 aromatic carbocycles. The molecule has 2 aromatic heterocycles. The number of ether oxygens (including phenoxy) is 2. The fraction of sp³-hybridized carbons (Fsp3) is 0.400. The zero-order chi connectivity index (χ0) is 14.4. The second-order valence-electron chi connectivity index (χ2n) is 4.33. The van der Waals surface area contributed by atoms with E-state index in [1.807, 2.05) is 23.6 Å². The summed E-state index contributed by atoms with van der Waals surface area (Å²) in [4.78, 5) is 5.62. The van der Waals surface area contributed by atoms with E-state index in [1.165, 1.54) is 0 Å². The number of hydrogen-bond donors (Lipinski definition) is 1. The first-order valence-corrected chi connectivity index (χ1v) is 7.53. The fourth-order valence-electron chi connectivity index (χ4n) is 2.08. The van der Waals surface area contributed by atoms with Crippen LogP contribution in [0.15, 0.2) is 29.8 Å². The van der Waals surface area contributed by atoms with Crippen molar-refractivity contribution in [3.05, 3.63) is 40.3 Å². The van der Waals surface area contributed by atoms with Crippen LogP contribution < -0.4 is 14.8 Å². The van der Waals surface area contributed by atoms with Crippen LogP contribution in [0, 0.1) is 0 Å². The molecule has 0 amide bonds. The van der Waals surface area contributed by atoms with Gasteiger partial charge in [-0.1, -0.05) is 6.92 Å². The van der Waals surface area contributed by atoms with E-state index in [1.54, 1.807) is 31.8 Å². The van der Waals surface area contributed by atoms with Gasteiger partial charge in [0.15, 0.2) is 0 Å². The highest BCUT2D eigenvalue weighted by Gasteiger charge is 2.23. The van der Waals surface area contributed by atoms with Crippen molar-refractivity contribution in [2.75, 3.05) is 20.8 Å². The first kappa shape index (κ1) is 14.8. The number of hydrogen-bond acceptors (Lipinski definition) is 5. The predicted molar refractivity (Wildman–Crippen MR) is 81.8 cm³/mol. The van der Waals surface area contributed by atoms with Gasteiger partial charge >= 0.3 is 0 Å². The molecule has 108 valence electrons. The number of pyridine rings is 1. The third-order valence-electron chi connectivity index (χ3n) is 3.03. The summed E-state index contributed by atoms with van der Waals surface area (Å²) in [6.07, 6.45) is 2.85. The normalized spacial score (nSPS) is 12.2. The van der Waals surface area contributed by atoms with E-state index in [-0.39, 0.29) is 6.04 Å². The molecular weight excluding hydrogens is 272 g/mol. The van der Waals surface area contributed by atoms with Crippen molar-refractivity contribution in [2.45, 2.75) is 19.4 Å². The maximum absolute atomic E-state index is 5.44. The fourth-order valence-corrected chi connectivity index (χ4v) is 3.02. The van der Waals surface area contributed by atoms with Crippen LogP contribution in [0.25, 0.3) is 0 Å². The minimum absolute atomic E-state index is 0.0129. The lowest BCUT2D eigenvalue weighted by molar-refractivity contribution is 0.392. The van der Waals surface area contributed by atoms with Gasteiger partial charge in [-0.2, -0.15) is 0 Å². The van der Waals surface area contributed by atoms with E-state index < -0.39 is 0 Å². The van der Waals surface area contributed by atoms with Gasteiger partial charge in [-0.15, -0.1) is 11.3 Å². The lowest BCUT2D eigenvalue weighted by Gasteiger charge is -2.20. The van der Waals surface area contributed by atoms with Gasteiger partial charge in [0.2, 0.25) is 0 Å². The van der Waals surface area contributed by atoms with E-state index in [0.717, 1.165) is 35.0 Å². The summed E-state index contributed by atoms with van der Waals surface area (Å²) in [6, 6.07) is 5.78. The van der Waals surface area contributed by atoms with Crippen molar-refractivity contribution < 1.29 is 9.47 Å². The number of rotatable bonds is 7. The molecule has 1 N–H and O–H groups in total. The van der Waals surface area contributed by atoms with E-state index in [4.69, 9.17) is 9.47 Å². The van der Waals surface area contributed by atoms with Crippen LogP contribution in [0.3, 0.4) is 0 Å². The summed E-state index contributed by atoms with van der Waals surface area (Å²) in [5.41, 5.74) is 0.893. The zero-order valence-corrected chi connectivity index (χ0v) is 12.9. The van der Waals surface area contributed by atoms with Crippen molar-refractivity contribution >= 4 is 11.3 Å². The molecule has 2 rings (SSSR count). The standard InChI is InChI=1S/C15H20N2O2S/c1-4-8-16-14(15-12(19-3)7-10-20-15)13-11(18-2)6-5-9-17-13/h5-7,9-10,14,16H,4,8H2,1-3H3. The maximum atomic E-state index is 5.44. The molecule has 0 fully saturated rings. The van der Waals surface area contributed by atoms with Gasteiger partial charge in [-0.25, -0.2) is 0 Å². The van der Waals surface area contributed by atoms with Gasteiger partial charge in [0.25, 0.3) is 0 Å². The van der Waals surface area contributed by atoms with Crippen LogP contribution in [0.2, 0.25) is 0 Å². The highest BCUT2D eigenvalue weighted by molar-refractivity contribution is 7.10. The van der Waals surface area contributed by atoms with Gasteiger partial charge in [-0.3, -0.25) is 4.98 Å². The van der Waals surface area contributed by atoms with Crippen LogP contribution in [0.1, 0.15) is 30.0 Å². The first-order chi connectivity index (χ1) is 9.81. The van der Waals surface area contributed by atoms with Crippen LogP contribution in [0.5, 0.6) is 11.5 Å². The summed E-state index contributed by atoms with van der Waals surface area (Å²) in [6.45, 7) is 3.05. The van der Waals surface area contributed by atoms with Crippen molar-refractivity contribution in [2.24, 2.45) is 0 Å². The summed E-state index contributed by atoms with van der Waals surface area (Å²) < 4.78 is 10.9. The molecule has 0 radical (unpaired) electrons. The Morgan fingerprint density at radius 2 is 2.05 bits per heavy atom. The van der Waals surface area contributed by atoms with Gasteiger partial charge in [0.1, 0.15) is 17.2 Å². The Morgan fingerprint density at radius 1 is 1.25 bits per heavy atom. The second kappa shape index (κ2) is 7.26. The van der Waals surface area contributed by atoms with Gasteiger partial charge < -0.3 is 14.8 Å². The number of nitrogens with one attached hydrogen (secondary N) is 1. The molecule has 1 unspecified atom stereocenters. The molecule has 0 aliphatic rings. The monoisotopic (exact) mass is 292 g/mol. The maximum Gasteiger partial charge on any atom is 0.142 e. The Balaban J connectivity index is 2.41. The molecule has 0 spiro atoms. The van der Waals surface area contributed by atoms with Gasteiger partial charge in [-0.05, 0) is 36.5 Å². The van der Waals surface area contributed by atoms with Crippen LogP contribution in [-0.4, -0.2) is 25.7 Å². The summed E-state index contributed by atoms with van der Waals surface area (Å²) >= 11 is 1.66. The molecular formula is C15H20N2O2S. The number of methoxy groups -OCH3 is 2. The van der Waals surface area contributed by atoms with E-state index in [2.05, 4.69) is 17.2 Å². The summed E-state index contributed by atoms with van der Waals surface area (Å²) in [5.74, 6) is 1.67. The largest absolute Gasteiger partial charge is 0.496 e. The van der Waals surface area contributed by atoms with Crippen LogP contribution >= 0.6 is 11.3 Å². The lowest BCUT2D eigenvalue weighted by atomic mass is 10.1. The van der Waals surface area contributed by atoms with Crippen molar-refractivity contribution in [3.63, 3.8) is 0 Å². The molecule has 20 heavy (non-hydrogen) atoms. The molecule has 0 aliphatic heterocycles. The smallest absolute Gasteiger partial charge is 0.142 e. The molecule has 4 nitrogen and oxygen atoms in total. The second-order valence-corrected chi connectivity index (χ2v) is 5.28. The van der Waals surface area contributed by atoms with Crippen LogP contribution in [-0.2, 0) is 0 Å². The molecule has 2 heterocycles. The molecule has 1 atom stereocenters. The molecule has 2 aromatic rings. The number of thiophene rings is 1. The van der Waals surface area contributed by atoms with Crippen molar-refractivity contribution in [3.8, 4) is 11.5 Å². The molecule has 0 saturated heterocycles. The highest BCUT2D eigenvalue weighted by atomic mass is 32.1. The summed E-state index contributed by atoms with van der Waals surface area (Å²) in [7, 11) is 3.36. The van der Waals surface area contributed by atoms with E-state index in [0.29, 0.717) is 0 Å².